The average molecular weight is 421 g/mol. The molecule has 2 amide bonds. The summed E-state index contributed by atoms with van der Waals surface area (Å²) in [6, 6.07) is 7.57. The number of nitrogens with one attached hydrogen (secondary N) is 1. The Kier molecular flexibility index (Phi) is 5.22. The van der Waals surface area contributed by atoms with Gasteiger partial charge in [-0.15, -0.1) is 0 Å². The predicted octanol–water partition coefficient (Wildman–Crippen LogP) is 4.30. The number of amides is 2. The molecule has 1 aromatic carbocycles. The molecule has 1 N–H and O–H groups in total. The highest BCUT2D eigenvalue weighted by Gasteiger charge is 2.52. The van der Waals surface area contributed by atoms with Crippen molar-refractivity contribution in [2.45, 2.75) is 81.6 Å². The molecule has 2 aliphatic rings. The van der Waals surface area contributed by atoms with Gasteiger partial charge in [0.2, 0.25) is 11.8 Å². The molecule has 3 rings (SSSR count). The first-order valence-corrected chi connectivity index (χ1v) is 10.4. The van der Waals surface area contributed by atoms with Crippen LogP contribution < -0.4 is 10.2 Å². The van der Waals surface area contributed by atoms with Crippen LogP contribution in [-0.2, 0) is 15.0 Å². The molecule has 1 aliphatic heterocycles. The van der Waals surface area contributed by atoms with Crippen molar-refractivity contribution in [1.29, 1.82) is 0 Å². The smallest absolute Gasteiger partial charge is 0.244 e. The third kappa shape index (κ3) is 3.42. The van der Waals surface area contributed by atoms with E-state index in [1.807, 2.05) is 38.1 Å². The van der Waals surface area contributed by atoms with Gasteiger partial charge in [-0.3, -0.25) is 14.5 Å². The van der Waals surface area contributed by atoms with Crippen molar-refractivity contribution < 1.29 is 9.59 Å². The van der Waals surface area contributed by atoms with E-state index >= 15 is 0 Å². The van der Waals surface area contributed by atoms with Gasteiger partial charge in [-0.1, -0.05) is 67.2 Å². The summed E-state index contributed by atoms with van der Waals surface area (Å²) in [4.78, 5) is 28.3. The minimum atomic E-state index is -0.732. The van der Waals surface area contributed by atoms with Gasteiger partial charge in [-0.05, 0) is 38.3 Å². The van der Waals surface area contributed by atoms with Crippen molar-refractivity contribution >= 4 is 33.4 Å². The molecule has 1 atom stereocenters. The highest BCUT2D eigenvalue weighted by Crippen LogP contribution is 2.46. The fourth-order valence-electron chi connectivity index (χ4n) is 4.32. The van der Waals surface area contributed by atoms with E-state index in [-0.39, 0.29) is 17.9 Å². The van der Waals surface area contributed by atoms with Crippen LogP contribution in [0.15, 0.2) is 24.3 Å². The maximum absolute atomic E-state index is 13.3. The summed E-state index contributed by atoms with van der Waals surface area (Å²) in [5.74, 6) is -0.123. The number of fused-ring (bicyclic) bond motifs is 1. The molecule has 26 heavy (non-hydrogen) atoms. The molecule has 142 valence electrons. The summed E-state index contributed by atoms with van der Waals surface area (Å²) < 4.78 is -0.732. The van der Waals surface area contributed by atoms with Crippen LogP contribution in [0.5, 0.6) is 0 Å². The van der Waals surface area contributed by atoms with E-state index in [2.05, 4.69) is 35.1 Å². The predicted molar refractivity (Wildman–Crippen MR) is 109 cm³/mol. The second-order valence-electron chi connectivity index (χ2n) is 8.63. The molecular formula is C21H29BrN2O2. The lowest BCUT2D eigenvalue weighted by atomic mass is 9.79. The topological polar surface area (TPSA) is 49.4 Å². The van der Waals surface area contributed by atoms with Crippen LogP contribution >= 0.6 is 15.9 Å². The largest absolute Gasteiger partial charge is 0.352 e. The Balaban J connectivity index is 1.97. The van der Waals surface area contributed by atoms with Crippen molar-refractivity contribution in [2.75, 3.05) is 4.90 Å². The highest BCUT2D eigenvalue weighted by atomic mass is 79.9. The van der Waals surface area contributed by atoms with E-state index in [0.717, 1.165) is 36.9 Å². The second-order valence-corrected chi connectivity index (χ2v) is 10.6. The van der Waals surface area contributed by atoms with Crippen LogP contribution in [0.2, 0.25) is 0 Å². The Morgan fingerprint density at radius 1 is 1.15 bits per heavy atom. The number of hydrogen-bond donors (Lipinski definition) is 1. The van der Waals surface area contributed by atoms with Crippen molar-refractivity contribution in [1.82, 2.24) is 5.32 Å². The number of para-hydroxylation sites is 1. The van der Waals surface area contributed by atoms with Crippen LogP contribution in [-0.4, -0.2) is 28.2 Å². The summed E-state index contributed by atoms with van der Waals surface area (Å²) in [5.41, 5.74) is 1.45. The normalized spacial score (nSPS) is 22.8. The van der Waals surface area contributed by atoms with Gasteiger partial charge in [-0.25, -0.2) is 0 Å². The van der Waals surface area contributed by atoms with Crippen LogP contribution in [0.25, 0.3) is 0 Å². The van der Waals surface area contributed by atoms with Gasteiger partial charge in [0.05, 0.1) is 4.32 Å². The summed E-state index contributed by atoms with van der Waals surface area (Å²) >= 11 is 3.50. The zero-order valence-corrected chi connectivity index (χ0v) is 17.7. The molecule has 0 bridgehead atoms. The summed E-state index contributed by atoms with van der Waals surface area (Å²) in [7, 11) is 0. The molecule has 1 unspecified atom stereocenters. The first-order valence-electron chi connectivity index (χ1n) is 9.56. The molecule has 0 radical (unpaired) electrons. The van der Waals surface area contributed by atoms with Crippen LogP contribution in [0.4, 0.5) is 5.69 Å². The van der Waals surface area contributed by atoms with Gasteiger partial charge in [0, 0.05) is 17.1 Å². The Hall–Kier alpha value is -1.36. The zero-order chi connectivity index (χ0) is 19.1. The first kappa shape index (κ1) is 19.4. The minimum absolute atomic E-state index is 0.0387. The Morgan fingerprint density at radius 2 is 1.77 bits per heavy atom. The van der Waals surface area contributed by atoms with Crippen LogP contribution in [0.3, 0.4) is 0 Å². The lowest BCUT2D eigenvalue weighted by molar-refractivity contribution is -0.128. The molecule has 1 aromatic rings. The first-order chi connectivity index (χ1) is 12.1. The Bertz CT molecular complexity index is 702. The van der Waals surface area contributed by atoms with Gasteiger partial charge in [0.25, 0.3) is 0 Å². The number of rotatable bonds is 3. The fraction of sp³-hybridized carbons (Fsp3) is 0.619. The SMILES string of the molecule is CC(C)(Br)C(=O)N1c2ccccc2C(C)(C)C1C(=O)NC1CCCCC1. The number of anilines is 1. The number of carbonyl (C=O) groups excluding carboxylic acids is 2. The van der Waals surface area contributed by atoms with Crippen molar-refractivity contribution in [2.24, 2.45) is 0 Å². The quantitative estimate of drug-likeness (QED) is 0.740. The molecule has 5 heteroatoms. The van der Waals surface area contributed by atoms with Crippen LogP contribution in [0.1, 0.15) is 65.4 Å². The maximum atomic E-state index is 13.3. The molecule has 1 saturated carbocycles. The number of alkyl halides is 1. The lowest BCUT2D eigenvalue weighted by Crippen LogP contribution is -2.58. The van der Waals surface area contributed by atoms with E-state index in [9.17, 15) is 9.59 Å². The monoisotopic (exact) mass is 420 g/mol. The van der Waals surface area contributed by atoms with Gasteiger partial charge < -0.3 is 5.32 Å². The highest BCUT2D eigenvalue weighted by molar-refractivity contribution is 9.10. The third-order valence-corrected chi connectivity index (χ3v) is 6.07. The third-order valence-electron chi connectivity index (χ3n) is 5.73. The molecule has 1 fully saturated rings. The van der Waals surface area contributed by atoms with E-state index in [1.165, 1.54) is 6.42 Å². The summed E-state index contributed by atoms with van der Waals surface area (Å²) in [6.45, 7) is 7.79. The van der Waals surface area contributed by atoms with Crippen molar-refractivity contribution in [3.05, 3.63) is 29.8 Å². The number of halogens is 1. The van der Waals surface area contributed by atoms with Crippen LogP contribution in [0, 0.1) is 0 Å². The molecule has 0 aromatic heterocycles. The number of hydrogen-bond acceptors (Lipinski definition) is 2. The average Bonchev–Trinajstić information content (AvgIpc) is 2.82. The standard InChI is InChI=1S/C21H29BrN2O2/c1-20(2)15-12-8-9-13-16(15)24(19(26)21(3,4)22)17(20)18(25)23-14-10-6-5-7-11-14/h8-9,12-14,17H,5-7,10-11H2,1-4H3,(H,23,25). The Labute approximate surface area is 164 Å². The van der Waals surface area contributed by atoms with E-state index in [0.29, 0.717) is 0 Å². The minimum Gasteiger partial charge on any atom is -0.352 e. The van der Waals surface area contributed by atoms with Gasteiger partial charge >= 0.3 is 0 Å². The molecule has 1 heterocycles. The van der Waals surface area contributed by atoms with Crippen molar-refractivity contribution in [3.8, 4) is 0 Å². The zero-order valence-electron chi connectivity index (χ0n) is 16.1. The van der Waals surface area contributed by atoms with Gasteiger partial charge in [0.15, 0.2) is 0 Å². The molecule has 4 nitrogen and oxygen atoms in total. The maximum Gasteiger partial charge on any atom is 0.244 e. The van der Waals surface area contributed by atoms with Gasteiger partial charge in [0.1, 0.15) is 6.04 Å². The molecule has 0 saturated heterocycles. The lowest BCUT2D eigenvalue weighted by Gasteiger charge is -2.36. The van der Waals surface area contributed by atoms with E-state index in [4.69, 9.17) is 0 Å². The number of carbonyl (C=O) groups is 2. The second kappa shape index (κ2) is 6.99. The molecular weight excluding hydrogens is 392 g/mol. The molecule has 1 aliphatic carbocycles. The van der Waals surface area contributed by atoms with E-state index < -0.39 is 15.8 Å². The fourth-order valence-corrected chi connectivity index (χ4v) is 4.51. The molecule has 0 spiro atoms. The summed E-state index contributed by atoms with van der Waals surface area (Å²) in [6.07, 6.45) is 5.63. The van der Waals surface area contributed by atoms with Crippen molar-refractivity contribution in [3.63, 3.8) is 0 Å². The Morgan fingerprint density at radius 3 is 2.38 bits per heavy atom. The van der Waals surface area contributed by atoms with E-state index in [1.54, 1.807) is 4.90 Å². The summed E-state index contributed by atoms with van der Waals surface area (Å²) in [5, 5.41) is 3.24. The van der Waals surface area contributed by atoms with Gasteiger partial charge in [-0.2, -0.15) is 0 Å². The number of benzene rings is 1. The number of nitrogens with zero attached hydrogens (tertiary/aromatic N) is 1.